The summed E-state index contributed by atoms with van der Waals surface area (Å²) in [4.78, 5) is 1.79. The van der Waals surface area contributed by atoms with E-state index in [1.165, 1.54) is 6.07 Å². The first kappa shape index (κ1) is 15.1. The molecule has 1 aromatic carbocycles. The van der Waals surface area contributed by atoms with Gasteiger partial charge in [-0.25, -0.2) is 4.39 Å². The van der Waals surface area contributed by atoms with Gasteiger partial charge in [0.25, 0.3) is 0 Å². The van der Waals surface area contributed by atoms with Gasteiger partial charge in [-0.2, -0.15) is 13.2 Å². The molecule has 20 heavy (non-hydrogen) atoms. The molecular formula is C14H18F4N2. The minimum absolute atomic E-state index is 0.0232. The maximum absolute atomic E-state index is 14.0. The number of hydrogen-bond acceptors (Lipinski definition) is 2. The van der Waals surface area contributed by atoms with E-state index < -0.39 is 17.6 Å². The summed E-state index contributed by atoms with van der Waals surface area (Å²) in [5.74, 6) is -0.342. The van der Waals surface area contributed by atoms with E-state index in [-0.39, 0.29) is 11.7 Å². The lowest BCUT2D eigenvalue weighted by atomic mass is 9.92. The fourth-order valence-corrected chi connectivity index (χ4v) is 2.71. The Morgan fingerprint density at radius 1 is 1.35 bits per heavy atom. The van der Waals surface area contributed by atoms with Crippen LogP contribution in [0.1, 0.15) is 25.3 Å². The molecule has 0 bridgehead atoms. The predicted octanol–water partition coefficient (Wildman–Crippen LogP) is 3.41. The molecule has 1 aliphatic rings. The number of anilines is 1. The Morgan fingerprint density at radius 2 is 2.05 bits per heavy atom. The standard InChI is InChI=1S/C14H18F4N2/c1-9-4-5-20(11(6-9)8-19)13-3-2-10(7-12(13)15)14(16,17)18/h2-3,7,9,11H,4-6,8,19H2,1H3. The molecule has 1 heterocycles. The van der Waals surface area contributed by atoms with Crippen LogP contribution in [0.5, 0.6) is 0 Å². The van der Waals surface area contributed by atoms with Gasteiger partial charge in [-0.3, -0.25) is 0 Å². The van der Waals surface area contributed by atoms with Crippen molar-refractivity contribution in [3.8, 4) is 0 Å². The molecule has 2 atom stereocenters. The molecule has 0 aromatic heterocycles. The lowest BCUT2D eigenvalue weighted by Gasteiger charge is -2.39. The van der Waals surface area contributed by atoms with Gasteiger partial charge in [0.05, 0.1) is 11.3 Å². The lowest BCUT2D eigenvalue weighted by Crippen LogP contribution is -2.46. The first-order valence-electron chi connectivity index (χ1n) is 6.66. The monoisotopic (exact) mass is 290 g/mol. The van der Waals surface area contributed by atoms with Crippen LogP contribution in [0.15, 0.2) is 18.2 Å². The molecule has 1 saturated heterocycles. The zero-order chi connectivity index (χ0) is 14.9. The Bertz CT molecular complexity index is 473. The topological polar surface area (TPSA) is 29.3 Å². The van der Waals surface area contributed by atoms with Crippen molar-refractivity contribution < 1.29 is 17.6 Å². The second-order valence-electron chi connectivity index (χ2n) is 5.38. The summed E-state index contributed by atoms with van der Waals surface area (Å²) in [6.07, 6.45) is -2.81. The highest BCUT2D eigenvalue weighted by Crippen LogP contribution is 2.34. The second-order valence-corrected chi connectivity index (χ2v) is 5.38. The van der Waals surface area contributed by atoms with Crippen molar-refractivity contribution in [3.63, 3.8) is 0 Å². The molecule has 1 fully saturated rings. The van der Waals surface area contributed by atoms with Crippen LogP contribution >= 0.6 is 0 Å². The maximum atomic E-state index is 14.0. The molecule has 0 aliphatic carbocycles. The molecule has 2 N–H and O–H groups in total. The van der Waals surface area contributed by atoms with Crippen LogP contribution in [0.2, 0.25) is 0 Å². The summed E-state index contributed by atoms with van der Waals surface area (Å²) >= 11 is 0. The van der Waals surface area contributed by atoms with Gasteiger partial charge in [-0.1, -0.05) is 6.92 Å². The minimum atomic E-state index is -4.52. The maximum Gasteiger partial charge on any atom is 0.416 e. The van der Waals surface area contributed by atoms with Crippen molar-refractivity contribution in [3.05, 3.63) is 29.6 Å². The van der Waals surface area contributed by atoms with Gasteiger partial charge in [0.2, 0.25) is 0 Å². The molecule has 2 unspecified atom stereocenters. The van der Waals surface area contributed by atoms with E-state index in [0.29, 0.717) is 25.1 Å². The molecule has 2 rings (SSSR count). The number of rotatable bonds is 2. The molecule has 1 aromatic rings. The summed E-state index contributed by atoms with van der Waals surface area (Å²) in [6.45, 7) is 3.08. The van der Waals surface area contributed by atoms with E-state index in [4.69, 9.17) is 5.73 Å². The average molecular weight is 290 g/mol. The molecule has 1 aliphatic heterocycles. The highest BCUT2D eigenvalue weighted by molar-refractivity contribution is 5.51. The third-order valence-corrected chi connectivity index (χ3v) is 3.83. The van der Waals surface area contributed by atoms with Gasteiger partial charge in [0.1, 0.15) is 5.82 Å². The highest BCUT2D eigenvalue weighted by atomic mass is 19.4. The van der Waals surface area contributed by atoms with Crippen LogP contribution in [0.4, 0.5) is 23.2 Å². The lowest BCUT2D eigenvalue weighted by molar-refractivity contribution is -0.137. The summed E-state index contributed by atoms with van der Waals surface area (Å²) in [5.41, 5.74) is 4.94. The van der Waals surface area contributed by atoms with Gasteiger partial charge in [0.15, 0.2) is 0 Å². The van der Waals surface area contributed by atoms with Crippen molar-refractivity contribution >= 4 is 5.69 Å². The van der Waals surface area contributed by atoms with E-state index in [9.17, 15) is 17.6 Å². The number of nitrogens with two attached hydrogens (primary N) is 1. The molecule has 112 valence electrons. The molecule has 6 heteroatoms. The number of halogens is 4. The summed E-state index contributed by atoms with van der Waals surface area (Å²) < 4.78 is 51.6. The number of nitrogens with zero attached hydrogens (tertiary/aromatic N) is 1. The molecular weight excluding hydrogens is 272 g/mol. The third kappa shape index (κ3) is 3.06. The zero-order valence-electron chi connectivity index (χ0n) is 11.3. The summed E-state index contributed by atoms with van der Waals surface area (Å²) in [6, 6.07) is 2.66. The Morgan fingerprint density at radius 3 is 2.60 bits per heavy atom. The van der Waals surface area contributed by atoms with Crippen molar-refractivity contribution in [2.75, 3.05) is 18.0 Å². The fourth-order valence-electron chi connectivity index (χ4n) is 2.71. The summed E-state index contributed by atoms with van der Waals surface area (Å²) in [7, 11) is 0. The average Bonchev–Trinajstić information content (AvgIpc) is 2.38. The number of alkyl halides is 3. The van der Waals surface area contributed by atoms with E-state index in [1.807, 2.05) is 0 Å². The molecule has 0 amide bonds. The number of benzene rings is 1. The SMILES string of the molecule is CC1CCN(c2ccc(C(F)(F)F)cc2F)C(CN)C1. The van der Waals surface area contributed by atoms with Crippen LogP contribution in [0.3, 0.4) is 0 Å². The van der Waals surface area contributed by atoms with E-state index in [2.05, 4.69) is 6.92 Å². The molecule has 0 radical (unpaired) electrons. The first-order valence-corrected chi connectivity index (χ1v) is 6.66. The number of hydrogen-bond donors (Lipinski definition) is 1. The predicted molar refractivity (Wildman–Crippen MR) is 70.0 cm³/mol. The largest absolute Gasteiger partial charge is 0.416 e. The summed E-state index contributed by atoms with van der Waals surface area (Å²) in [5, 5.41) is 0. The molecule has 2 nitrogen and oxygen atoms in total. The van der Waals surface area contributed by atoms with Crippen LogP contribution in [0, 0.1) is 11.7 Å². The van der Waals surface area contributed by atoms with Crippen molar-refractivity contribution in [1.29, 1.82) is 0 Å². The van der Waals surface area contributed by atoms with Crippen molar-refractivity contribution in [1.82, 2.24) is 0 Å². The molecule has 0 spiro atoms. The van der Waals surface area contributed by atoms with E-state index in [0.717, 1.165) is 18.9 Å². The van der Waals surface area contributed by atoms with Gasteiger partial charge in [-0.05, 0) is 37.0 Å². The Kier molecular flexibility index (Phi) is 4.22. The van der Waals surface area contributed by atoms with Gasteiger partial charge >= 0.3 is 6.18 Å². The van der Waals surface area contributed by atoms with Crippen LogP contribution in [-0.4, -0.2) is 19.1 Å². The van der Waals surface area contributed by atoms with Gasteiger partial charge in [0, 0.05) is 19.1 Å². The Labute approximate surface area is 115 Å². The third-order valence-electron chi connectivity index (χ3n) is 3.83. The van der Waals surface area contributed by atoms with Gasteiger partial charge in [-0.15, -0.1) is 0 Å². The Balaban J connectivity index is 2.28. The van der Waals surface area contributed by atoms with Crippen LogP contribution in [-0.2, 0) is 6.18 Å². The molecule has 0 saturated carbocycles. The highest BCUT2D eigenvalue weighted by Gasteiger charge is 2.33. The smallest absolute Gasteiger partial charge is 0.365 e. The fraction of sp³-hybridized carbons (Fsp3) is 0.571. The number of piperidine rings is 1. The normalized spacial score (nSPS) is 24.0. The second kappa shape index (κ2) is 5.60. The van der Waals surface area contributed by atoms with E-state index in [1.54, 1.807) is 4.90 Å². The quantitative estimate of drug-likeness (QED) is 0.846. The Hall–Kier alpha value is -1.30. The van der Waals surface area contributed by atoms with E-state index >= 15 is 0 Å². The van der Waals surface area contributed by atoms with Gasteiger partial charge < -0.3 is 10.6 Å². The van der Waals surface area contributed by atoms with Crippen molar-refractivity contribution in [2.24, 2.45) is 11.7 Å². The van der Waals surface area contributed by atoms with Crippen molar-refractivity contribution in [2.45, 2.75) is 32.0 Å². The van der Waals surface area contributed by atoms with Crippen LogP contribution in [0.25, 0.3) is 0 Å². The zero-order valence-corrected chi connectivity index (χ0v) is 11.3. The van der Waals surface area contributed by atoms with Crippen LogP contribution < -0.4 is 10.6 Å². The minimum Gasteiger partial charge on any atom is -0.365 e. The first-order chi connectivity index (χ1) is 9.32.